The summed E-state index contributed by atoms with van der Waals surface area (Å²) in [6.45, 7) is 7.23. The molecule has 1 unspecified atom stereocenters. The van der Waals surface area contributed by atoms with Gasteiger partial charge in [-0.25, -0.2) is 13.9 Å². The van der Waals surface area contributed by atoms with Crippen molar-refractivity contribution < 1.29 is 14.2 Å². The number of hydrogen-bond donors (Lipinski definition) is 0. The number of aliphatic imine (C=N–C) groups is 1. The van der Waals surface area contributed by atoms with Gasteiger partial charge in [0, 0.05) is 14.1 Å². The summed E-state index contributed by atoms with van der Waals surface area (Å²) in [5, 5.41) is 0. The molecule has 1 saturated heterocycles. The Bertz CT molecular complexity index is 764. The number of hydrogen-bond acceptors (Lipinski definition) is 3. The molecule has 1 atom stereocenters. The molecule has 26 heavy (non-hydrogen) atoms. The van der Waals surface area contributed by atoms with Gasteiger partial charge in [-0.3, -0.25) is 14.6 Å². The number of nitrogens with zero attached hydrogens (tertiary/aromatic N) is 5. The van der Waals surface area contributed by atoms with E-state index in [0.717, 1.165) is 30.3 Å². The maximum absolute atomic E-state index is 12.7. The summed E-state index contributed by atoms with van der Waals surface area (Å²) in [4.78, 5) is 32.3. The molecule has 0 radical (unpaired) electrons. The van der Waals surface area contributed by atoms with Gasteiger partial charge in [-0.1, -0.05) is 44.0 Å². The number of likely N-dealkylation sites (N-methyl/N-ethyl adjacent to an activating group) is 2. The summed E-state index contributed by atoms with van der Waals surface area (Å²) in [6, 6.07) is -0.852. The van der Waals surface area contributed by atoms with E-state index in [1.807, 2.05) is 11.5 Å². The van der Waals surface area contributed by atoms with Crippen molar-refractivity contribution in [1.82, 2.24) is 14.4 Å². The van der Waals surface area contributed by atoms with Crippen LogP contribution in [0.5, 0.6) is 0 Å². The normalized spacial score (nSPS) is 19.1. The molecule has 2 aliphatic heterocycles. The zero-order chi connectivity index (χ0) is 19.0. The molecule has 0 saturated carbocycles. The minimum absolute atomic E-state index is 0.213. The average Bonchev–Trinajstić information content (AvgIpc) is 3.12. The van der Waals surface area contributed by atoms with Gasteiger partial charge in [0.2, 0.25) is 11.9 Å². The maximum atomic E-state index is 12.7. The molecule has 0 aromatic carbocycles. The van der Waals surface area contributed by atoms with Crippen LogP contribution in [0.4, 0.5) is 10.7 Å². The standard InChI is InChI=1S/C19H30N5O2/c1-6-7-8-9-10-11-12-23-13(2)14(3)24-15-16(20-18(23)24)21(4)19(26)22(5)17(15)25/h15H,6-12H2,1-5H3/q+1. The van der Waals surface area contributed by atoms with Crippen LogP contribution in [0, 0.1) is 13.8 Å². The zero-order valence-electron chi connectivity index (χ0n) is 16.6. The highest BCUT2D eigenvalue weighted by atomic mass is 16.2. The number of imidazole rings is 1. The van der Waals surface area contributed by atoms with Crippen LogP contribution < -0.4 is 4.57 Å². The van der Waals surface area contributed by atoms with Gasteiger partial charge in [0.1, 0.15) is 11.4 Å². The summed E-state index contributed by atoms with van der Waals surface area (Å²) < 4.78 is 4.19. The first kappa shape index (κ1) is 18.6. The molecule has 0 bridgehead atoms. The lowest BCUT2D eigenvalue weighted by Gasteiger charge is -2.30. The second-order valence-electron chi connectivity index (χ2n) is 7.37. The van der Waals surface area contributed by atoms with E-state index in [4.69, 9.17) is 4.99 Å². The van der Waals surface area contributed by atoms with Gasteiger partial charge in [-0.15, -0.1) is 0 Å². The molecular formula is C19H30N5O2+. The first-order valence-electron chi connectivity index (χ1n) is 9.65. The molecule has 0 aliphatic carbocycles. The molecule has 3 heterocycles. The van der Waals surface area contributed by atoms with E-state index >= 15 is 0 Å². The Morgan fingerprint density at radius 2 is 1.65 bits per heavy atom. The molecule has 7 heteroatoms. The van der Waals surface area contributed by atoms with Crippen molar-refractivity contribution in [3.05, 3.63) is 11.4 Å². The minimum atomic E-state index is -0.526. The lowest BCUT2D eigenvalue weighted by atomic mass is 10.1. The monoisotopic (exact) mass is 360 g/mol. The predicted octanol–water partition coefficient (Wildman–Crippen LogP) is 2.86. The fraction of sp³-hybridized carbons (Fsp3) is 0.684. The first-order chi connectivity index (χ1) is 12.4. The van der Waals surface area contributed by atoms with Crippen molar-refractivity contribution in [2.24, 2.45) is 4.99 Å². The number of aromatic nitrogens is 2. The number of amides is 3. The predicted molar refractivity (Wildman–Crippen MR) is 99.5 cm³/mol. The third-order valence-corrected chi connectivity index (χ3v) is 5.68. The van der Waals surface area contributed by atoms with Crippen LogP contribution in [-0.4, -0.2) is 46.2 Å². The van der Waals surface area contributed by atoms with E-state index in [1.165, 1.54) is 49.0 Å². The third-order valence-electron chi connectivity index (χ3n) is 5.68. The highest BCUT2D eigenvalue weighted by molar-refractivity contribution is 6.20. The molecule has 3 rings (SSSR count). The number of fused-ring (bicyclic) bond motifs is 3. The van der Waals surface area contributed by atoms with Gasteiger partial charge in [0.05, 0.1) is 6.54 Å². The topological polar surface area (TPSA) is 61.8 Å². The van der Waals surface area contributed by atoms with Gasteiger partial charge in [-0.2, -0.15) is 0 Å². The van der Waals surface area contributed by atoms with Crippen LogP contribution in [0.1, 0.15) is 62.9 Å². The SMILES string of the molecule is CCCCCCCC[n+]1c(C)c(C)n2c1N=C1C2C(=O)N(C)C(=O)N1C. The Kier molecular flexibility index (Phi) is 5.16. The van der Waals surface area contributed by atoms with E-state index in [1.54, 1.807) is 7.05 Å². The number of rotatable bonds is 7. The fourth-order valence-corrected chi connectivity index (χ4v) is 3.90. The largest absolute Gasteiger partial charge is 0.402 e. The van der Waals surface area contributed by atoms with E-state index < -0.39 is 6.04 Å². The van der Waals surface area contributed by atoms with Gasteiger partial charge in [0.15, 0.2) is 0 Å². The first-order valence-corrected chi connectivity index (χ1v) is 9.65. The quantitative estimate of drug-likeness (QED) is 0.554. The van der Waals surface area contributed by atoms with E-state index in [0.29, 0.717) is 5.84 Å². The summed E-state index contributed by atoms with van der Waals surface area (Å²) in [7, 11) is 3.22. The summed E-state index contributed by atoms with van der Waals surface area (Å²) in [5.41, 5.74) is 2.19. The van der Waals surface area contributed by atoms with Crippen molar-refractivity contribution in [2.75, 3.05) is 14.1 Å². The van der Waals surface area contributed by atoms with Crippen LogP contribution in [0.2, 0.25) is 0 Å². The zero-order valence-corrected chi connectivity index (χ0v) is 16.6. The molecular weight excluding hydrogens is 330 g/mol. The van der Waals surface area contributed by atoms with E-state index in [2.05, 4.69) is 18.4 Å². The van der Waals surface area contributed by atoms with Crippen LogP contribution in [0.15, 0.2) is 4.99 Å². The average molecular weight is 360 g/mol. The minimum Gasteiger partial charge on any atom is -0.270 e. The summed E-state index contributed by atoms with van der Waals surface area (Å²) in [6.07, 6.45) is 7.43. The number of imide groups is 1. The molecule has 0 N–H and O–H groups in total. The molecule has 142 valence electrons. The van der Waals surface area contributed by atoms with Crippen molar-refractivity contribution in [3.8, 4) is 0 Å². The van der Waals surface area contributed by atoms with Crippen molar-refractivity contribution in [1.29, 1.82) is 0 Å². The molecule has 7 nitrogen and oxygen atoms in total. The van der Waals surface area contributed by atoms with Gasteiger partial charge in [0.25, 0.3) is 5.91 Å². The number of unbranched alkanes of at least 4 members (excludes halogenated alkanes) is 5. The molecule has 2 aliphatic rings. The van der Waals surface area contributed by atoms with Crippen molar-refractivity contribution >= 4 is 23.7 Å². The summed E-state index contributed by atoms with van der Waals surface area (Å²) >= 11 is 0. The molecule has 1 aromatic heterocycles. The van der Waals surface area contributed by atoms with E-state index in [-0.39, 0.29) is 11.9 Å². The van der Waals surface area contributed by atoms with Crippen LogP contribution in [0.25, 0.3) is 0 Å². The Labute approximate surface area is 155 Å². The fourth-order valence-electron chi connectivity index (χ4n) is 3.90. The number of amidine groups is 1. The highest BCUT2D eigenvalue weighted by Gasteiger charge is 2.53. The Morgan fingerprint density at radius 3 is 2.35 bits per heavy atom. The van der Waals surface area contributed by atoms with Crippen LogP contribution in [0.3, 0.4) is 0 Å². The number of urea groups is 1. The van der Waals surface area contributed by atoms with Crippen LogP contribution >= 0.6 is 0 Å². The lowest BCUT2D eigenvalue weighted by molar-refractivity contribution is -0.689. The molecule has 3 amide bonds. The van der Waals surface area contributed by atoms with Gasteiger partial charge in [-0.05, 0) is 20.3 Å². The maximum Gasteiger partial charge on any atom is 0.402 e. The van der Waals surface area contributed by atoms with Gasteiger partial charge >= 0.3 is 12.0 Å². The summed E-state index contributed by atoms with van der Waals surface area (Å²) in [5.74, 6) is 1.11. The van der Waals surface area contributed by atoms with Gasteiger partial charge < -0.3 is 0 Å². The van der Waals surface area contributed by atoms with Crippen LogP contribution in [-0.2, 0) is 11.3 Å². The smallest absolute Gasteiger partial charge is 0.270 e. The number of carbonyl (C=O) groups is 2. The van der Waals surface area contributed by atoms with E-state index in [9.17, 15) is 9.59 Å². The van der Waals surface area contributed by atoms with Crippen molar-refractivity contribution in [2.45, 2.75) is 71.9 Å². The second-order valence-corrected chi connectivity index (χ2v) is 7.37. The number of carbonyl (C=O) groups excluding carboxylic acids is 2. The highest BCUT2D eigenvalue weighted by Crippen LogP contribution is 2.34. The molecule has 0 spiro atoms. The third kappa shape index (κ3) is 2.83. The Hall–Kier alpha value is -2.18. The Balaban J connectivity index is 1.84. The molecule has 1 aromatic rings. The Morgan fingerprint density at radius 1 is 1.00 bits per heavy atom. The van der Waals surface area contributed by atoms with Crippen molar-refractivity contribution in [3.63, 3.8) is 0 Å². The lowest BCUT2D eigenvalue weighted by Crippen LogP contribution is -2.56. The molecule has 1 fully saturated rings. The second kappa shape index (κ2) is 7.21.